The number of hydrogen-bond acceptors (Lipinski definition) is 1. The lowest BCUT2D eigenvalue weighted by Crippen LogP contribution is -2.34. The van der Waals surface area contributed by atoms with Crippen molar-refractivity contribution >= 4 is 23.2 Å². The quantitative estimate of drug-likeness (QED) is 0.434. The molecule has 0 bridgehead atoms. The minimum Gasteiger partial charge on any atom is -0.381 e. The van der Waals surface area contributed by atoms with Gasteiger partial charge in [-0.25, -0.2) is 0 Å². The third-order valence-electron chi connectivity index (χ3n) is 4.14. The lowest BCUT2D eigenvalue weighted by molar-refractivity contribution is 0.0832. The summed E-state index contributed by atoms with van der Waals surface area (Å²) in [5, 5.41) is 0. The average molecular weight is 281 g/mol. The van der Waals surface area contributed by atoms with E-state index < -0.39 is 0 Å². The fourth-order valence-corrected chi connectivity index (χ4v) is 3.74. The van der Waals surface area contributed by atoms with Crippen LogP contribution in [0.2, 0.25) is 0 Å². The molecule has 1 saturated carbocycles. The normalized spacial score (nSPS) is 17.8. The van der Waals surface area contributed by atoms with Crippen molar-refractivity contribution in [3.8, 4) is 0 Å². The van der Waals surface area contributed by atoms with E-state index in [-0.39, 0.29) is 5.41 Å². The Morgan fingerprint density at radius 3 is 2.29 bits per heavy atom. The molecule has 1 aliphatic rings. The Bertz CT molecular complexity index is 187. The first-order valence-electron chi connectivity index (χ1n) is 6.98. The molecule has 0 aromatic rings. The van der Waals surface area contributed by atoms with Gasteiger partial charge in [0.15, 0.2) is 0 Å². The van der Waals surface area contributed by atoms with Gasteiger partial charge >= 0.3 is 0 Å². The summed E-state index contributed by atoms with van der Waals surface area (Å²) >= 11 is 12.4. The second-order valence-electron chi connectivity index (χ2n) is 5.33. The molecule has 1 fully saturated rings. The van der Waals surface area contributed by atoms with Gasteiger partial charge in [0.1, 0.15) is 0 Å². The van der Waals surface area contributed by atoms with Crippen LogP contribution >= 0.6 is 23.2 Å². The first-order valence-corrected chi connectivity index (χ1v) is 8.05. The number of rotatable bonds is 9. The van der Waals surface area contributed by atoms with Crippen LogP contribution in [0.1, 0.15) is 51.9 Å². The van der Waals surface area contributed by atoms with Crippen molar-refractivity contribution in [3.63, 3.8) is 0 Å². The third-order valence-corrected chi connectivity index (χ3v) is 5.20. The highest BCUT2D eigenvalue weighted by Gasteiger charge is 2.38. The van der Waals surface area contributed by atoms with Crippen LogP contribution in [-0.2, 0) is 4.74 Å². The Balaban J connectivity index is 2.35. The summed E-state index contributed by atoms with van der Waals surface area (Å²) in [6.45, 7) is 3.88. The fraction of sp³-hybridized carbons (Fsp3) is 1.00. The number of hydrogen-bond donors (Lipinski definition) is 0. The second kappa shape index (κ2) is 8.61. The minimum absolute atomic E-state index is 0.117. The van der Waals surface area contributed by atoms with Gasteiger partial charge in [-0.2, -0.15) is 0 Å². The number of halogens is 2. The van der Waals surface area contributed by atoms with Gasteiger partial charge in [-0.15, -0.1) is 23.2 Å². The molecule has 0 unspecified atom stereocenters. The predicted octanol–water partition coefficient (Wildman–Crippen LogP) is 4.85. The summed E-state index contributed by atoms with van der Waals surface area (Å²) in [5.74, 6) is 2.07. The van der Waals surface area contributed by atoms with Gasteiger partial charge in [-0.05, 0) is 31.6 Å². The second-order valence-corrected chi connectivity index (χ2v) is 5.86. The van der Waals surface area contributed by atoms with Gasteiger partial charge in [0.05, 0.1) is 0 Å². The summed E-state index contributed by atoms with van der Waals surface area (Å²) in [6.07, 6.45) is 8.65. The molecule has 0 aromatic carbocycles. The van der Waals surface area contributed by atoms with E-state index >= 15 is 0 Å². The standard InChI is InChI=1S/C14H26Cl2O/c1-2-3-9-17-10-8-14(11-15,12-16)13-6-4-5-7-13/h13H,2-12H2,1H3. The molecular formula is C14H26Cl2O. The maximum atomic E-state index is 6.20. The zero-order chi connectivity index (χ0) is 12.6. The monoisotopic (exact) mass is 280 g/mol. The molecule has 0 radical (unpaired) electrons. The highest BCUT2D eigenvalue weighted by Crippen LogP contribution is 2.44. The van der Waals surface area contributed by atoms with Gasteiger partial charge in [0.2, 0.25) is 0 Å². The van der Waals surface area contributed by atoms with E-state index in [1.807, 2.05) is 0 Å². The zero-order valence-corrected chi connectivity index (χ0v) is 12.5. The molecule has 0 amide bonds. The maximum Gasteiger partial charge on any atom is 0.0472 e. The van der Waals surface area contributed by atoms with Crippen LogP contribution in [-0.4, -0.2) is 25.0 Å². The molecule has 0 saturated heterocycles. The van der Waals surface area contributed by atoms with Crippen LogP contribution in [0.15, 0.2) is 0 Å². The summed E-state index contributed by atoms with van der Waals surface area (Å²) in [4.78, 5) is 0. The van der Waals surface area contributed by atoms with Gasteiger partial charge in [-0.3, -0.25) is 0 Å². The van der Waals surface area contributed by atoms with E-state index in [0.29, 0.717) is 17.7 Å². The van der Waals surface area contributed by atoms with Crippen LogP contribution in [0.4, 0.5) is 0 Å². The number of ether oxygens (including phenoxy) is 1. The average Bonchev–Trinajstić information content (AvgIpc) is 2.89. The lowest BCUT2D eigenvalue weighted by atomic mass is 9.75. The Hall–Kier alpha value is 0.540. The van der Waals surface area contributed by atoms with Gasteiger partial charge in [0, 0.05) is 30.4 Å². The molecule has 17 heavy (non-hydrogen) atoms. The topological polar surface area (TPSA) is 9.23 Å². The highest BCUT2D eigenvalue weighted by atomic mass is 35.5. The zero-order valence-electron chi connectivity index (χ0n) is 11.0. The van der Waals surface area contributed by atoms with Crippen LogP contribution in [0, 0.1) is 11.3 Å². The summed E-state index contributed by atoms with van der Waals surface area (Å²) in [7, 11) is 0. The molecule has 0 N–H and O–H groups in total. The fourth-order valence-electron chi connectivity index (χ4n) is 2.75. The van der Waals surface area contributed by atoms with E-state index in [1.54, 1.807) is 0 Å². The highest BCUT2D eigenvalue weighted by molar-refractivity contribution is 6.21. The number of alkyl halides is 2. The van der Waals surface area contributed by atoms with Gasteiger partial charge in [-0.1, -0.05) is 26.2 Å². The Labute approximate surface area is 116 Å². The van der Waals surface area contributed by atoms with Crippen molar-refractivity contribution in [2.45, 2.75) is 51.9 Å². The SMILES string of the molecule is CCCCOCCC(CCl)(CCl)C1CCCC1. The predicted molar refractivity (Wildman–Crippen MR) is 76.2 cm³/mol. The third kappa shape index (κ3) is 4.61. The van der Waals surface area contributed by atoms with Gasteiger partial charge < -0.3 is 4.74 Å². The Morgan fingerprint density at radius 2 is 1.76 bits per heavy atom. The summed E-state index contributed by atoms with van der Waals surface area (Å²) in [6, 6.07) is 0. The Kier molecular flexibility index (Phi) is 7.90. The first-order chi connectivity index (χ1) is 8.29. The molecule has 1 rings (SSSR count). The van der Waals surface area contributed by atoms with Crippen LogP contribution in [0.3, 0.4) is 0 Å². The van der Waals surface area contributed by atoms with Crippen LogP contribution in [0.25, 0.3) is 0 Å². The molecule has 0 spiro atoms. The van der Waals surface area contributed by atoms with E-state index in [2.05, 4.69) is 6.92 Å². The van der Waals surface area contributed by atoms with Crippen molar-refractivity contribution in [1.82, 2.24) is 0 Å². The smallest absolute Gasteiger partial charge is 0.0472 e. The molecule has 1 aliphatic carbocycles. The molecule has 1 nitrogen and oxygen atoms in total. The molecule has 0 heterocycles. The van der Waals surface area contributed by atoms with Crippen molar-refractivity contribution in [2.24, 2.45) is 11.3 Å². The number of unbranched alkanes of at least 4 members (excludes halogenated alkanes) is 1. The van der Waals surface area contributed by atoms with E-state index in [1.165, 1.54) is 32.1 Å². The molecule has 0 aromatic heterocycles. The first kappa shape index (κ1) is 15.6. The van der Waals surface area contributed by atoms with E-state index in [9.17, 15) is 0 Å². The maximum absolute atomic E-state index is 6.20. The van der Waals surface area contributed by atoms with Crippen LogP contribution < -0.4 is 0 Å². The van der Waals surface area contributed by atoms with E-state index in [4.69, 9.17) is 27.9 Å². The lowest BCUT2D eigenvalue weighted by Gasteiger charge is -2.36. The largest absolute Gasteiger partial charge is 0.381 e. The van der Waals surface area contributed by atoms with Crippen LogP contribution in [0.5, 0.6) is 0 Å². The van der Waals surface area contributed by atoms with Crippen molar-refractivity contribution in [3.05, 3.63) is 0 Å². The summed E-state index contributed by atoms with van der Waals surface area (Å²) < 4.78 is 5.68. The molecular weight excluding hydrogens is 255 g/mol. The van der Waals surface area contributed by atoms with E-state index in [0.717, 1.165) is 26.1 Å². The molecule has 0 atom stereocenters. The van der Waals surface area contributed by atoms with Crippen molar-refractivity contribution in [2.75, 3.05) is 25.0 Å². The Morgan fingerprint density at radius 1 is 1.12 bits per heavy atom. The molecule has 3 heteroatoms. The molecule has 102 valence electrons. The van der Waals surface area contributed by atoms with Gasteiger partial charge in [0.25, 0.3) is 0 Å². The molecule has 0 aliphatic heterocycles. The minimum atomic E-state index is 0.117. The summed E-state index contributed by atoms with van der Waals surface area (Å²) in [5.41, 5.74) is 0.117. The van der Waals surface area contributed by atoms with Crippen molar-refractivity contribution < 1.29 is 4.74 Å². The van der Waals surface area contributed by atoms with Crippen molar-refractivity contribution in [1.29, 1.82) is 0 Å².